The maximum absolute atomic E-state index is 13.1. The highest BCUT2D eigenvalue weighted by atomic mass is 35.5. The molecule has 0 unspecified atom stereocenters. The van der Waals surface area contributed by atoms with E-state index in [-0.39, 0.29) is 5.69 Å². The van der Waals surface area contributed by atoms with E-state index >= 15 is 0 Å². The molecule has 0 N–H and O–H groups in total. The van der Waals surface area contributed by atoms with Crippen molar-refractivity contribution in [2.45, 2.75) is 58.2 Å². The molecule has 0 aliphatic heterocycles. The standard InChI is InChI=1S/C20H23ClF3N3O/c1-13(2)26(12-20(22,23)24)19(28)18-16-6-4-3-5-7-17(16)27(25-18)15-10-8-14(21)9-11-15/h8-11,13H,3-7,12H2,1-2H3. The Bertz CT molecular complexity index is 844. The molecular weight excluding hydrogens is 391 g/mol. The number of nitrogens with zero attached hydrogens (tertiary/aromatic N) is 3. The minimum Gasteiger partial charge on any atom is -0.326 e. The van der Waals surface area contributed by atoms with Gasteiger partial charge in [0.1, 0.15) is 6.54 Å². The molecule has 28 heavy (non-hydrogen) atoms. The molecule has 2 aromatic rings. The molecule has 1 amide bonds. The minimum absolute atomic E-state index is 0.129. The van der Waals surface area contributed by atoms with Gasteiger partial charge in [0.2, 0.25) is 0 Å². The van der Waals surface area contributed by atoms with Crippen LogP contribution in [0.5, 0.6) is 0 Å². The summed E-state index contributed by atoms with van der Waals surface area (Å²) in [6.45, 7) is 1.88. The molecule has 0 bridgehead atoms. The summed E-state index contributed by atoms with van der Waals surface area (Å²) in [5.74, 6) is -0.668. The molecular formula is C20H23ClF3N3O. The Morgan fingerprint density at radius 1 is 1.18 bits per heavy atom. The Labute approximate surface area is 167 Å². The van der Waals surface area contributed by atoms with Gasteiger partial charge in [-0.3, -0.25) is 4.79 Å². The molecule has 1 aliphatic carbocycles. The first-order valence-corrected chi connectivity index (χ1v) is 9.79. The fourth-order valence-corrected chi connectivity index (χ4v) is 3.69. The highest BCUT2D eigenvalue weighted by molar-refractivity contribution is 6.30. The van der Waals surface area contributed by atoms with Crippen LogP contribution >= 0.6 is 11.6 Å². The van der Waals surface area contributed by atoms with Crippen molar-refractivity contribution < 1.29 is 18.0 Å². The van der Waals surface area contributed by atoms with Gasteiger partial charge >= 0.3 is 6.18 Å². The topological polar surface area (TPSA) is 38.1 Å². The van der Waals surface area contributed by atoms with Crippen molar-refractivity contribution in [1.82, 2.24) is 14.7 Å². The van der Waals surface area contributed by atoms with E-state index in [1.54, 1.807) is 42.8 Å². The molecule has 1 aliphatic rings. The SMILES string of the molecule is CC(C)N(CC(F)(F)F)C(=O)c1nn(-c2ccc(Cl)cc2)c2c1CCCCC2. The van der Waals surface area contributed by atoms with Gasteiger partial charge in [-0.25, -0.2) is 4.68 Å². The molecule has 1 heterocycles. The number of hydrogen-bond acceptors (Lipinski definition) is 2. The normalized spacial score (nSPS) is 14.7. The second kappa shape index (κ2) is 8.15. The molecule has 8 heteroatoms. The quantitative estimate of drug-likeness (QED) is 0.645. The van der Waals surface area contributed by atoms with Crippen molar-refractivity contribution in [1.29, 1.82) is 0 Å². The van der Waals surface area contributed by atoms with Crippen molar-refractivity contribution in [2.75, 3.05) is 6.54 Å². The summed E-state index contributed by atoms with van der Waals surface area (Å²) in [7, 11) is 0. The van der Waals surface area contributed by atoms with Gasteiger partial charge < -0.3 is 4.90 Å². The Morgan fingerprint density at radius 3 is 2.43 bits per heavy atom. The largest absolute Gasteiger partial charge is 0.406 e. The van der Waals surface area contributed by atoms with Crippen LogP contribution in [0.1, 0.15) is 54.9 Å². The van der Waals surface area contributed by atoms with E-state index in [0.29, 0.717) is 11.4 Å². The van der Waals surface area contributed by atoms with Crippen LogP contribution in [0.3, 0.4) is 0 Å². The Morgan fingerprint density at radius 2 is 1.82 bits per heavy atom. The van der Waals surface area contributed by atoms with Crippen LogP contribution in [-0.2, 0) is 12.8 Å². The third-order valence-corrected chi connectivity index (χ3v) is 5.19. The molecule has 3 rings (SSSR count). The van der Waals surface area contributed by atoms with Crippen molar-refractivity contribution >= 4 is 17.5 Å². The van der Waals surface area contributed by atoms with Crippen LogP contribution < -0.4 is 0 Å². The first-order valence-electron chi connectivity index (χ1n) is 9.42. The van der Waals surface area contributed by atoms with E-state index in [9.17, 15) is 18.0 Å². The van der Waals surface area contributed by atoms with Crippen LogP contribution in [-0.4, -0.2) is 39.4 Å². The van der Waals surface area contributed by atoms with E-state index in [1.165, 1.54) is 0 Å². The predicted octanol–water partition coefficient (Wildman–Crippen LogP) is 5.21. The number of amides is 1. The third kappa shape index (κ3) is 4.51. The maximum atomic E-state index is 13.1. The number of fused-ring (bicyclic) bond motifs is 1. The van der Waals surface area contributed by atoms with Gasteiger partial charge in [-0.1, -0.05) is 18.0 Å². The maximum Gasteiger partial charge on any atom is 0.406 e. The lowest BCUT2D eigenvalue weighted by Crippen LogP contribution is -2.43. The van der Waals surface area contributed by atoms with Crippen LogP contribution in [0.4, 0.5) is 13.2 Å². The Balaban J connectivity index is 2.07. The lowest BCUT2D eigenvalue weighted by Gasteiger charge is -2.27. The van der Waals surface area contributed by atoms with Crippen LogP contribution in [0.15, 0.2) is 24.3 Å². The minimum atomic E-state index is -4.46. The molecule has 4 nitrogen and oxygen atoms in total. The van der Waals surface area contributed by atoms with Crippen molar-refractivity contribution in [3.8, 4) is 5.69 Å². The number of aromatic nitrogens is 2. The molecule has 152 valence electrons. The number of rotatable bonds is 4. The number of hydrogen-bond donors (Lipinski definition) is 0. The van der Waals surface area contributed by atoms with Gasteiger partial charge in [-0.2, -0.15) is 18.3 Å². The smallest absolute Gasteiger partial charge is 0.326 e. The average Bonchev–Trinajstić information content (AvgIpc) is 2.81. The van der Waals surface area contributed by atoms with Gasteiger partial charge in [-0.05, 0) is 63.8 Å². The zero-order valence-electron chi connectivity index (χ0n) is 15.9. The second-order valence-corrected chi connectivity index (χ2v) is 7.80. The number of carbonyl (C=O) groups is 1. The number of benzene rings is 1. The van der Waals surface area contributed by atoms with E-state index in [4.69, 9.17) is 11.6 Å². The zero-order valence-corrected chi connectivity index (χ0v) is 16.6. The lowest BCUT2D eigenvalue weighted by atomic mass is 10.1. The van der Waals surface area contributed by atoms with E-state index in [1.807, 2.05) is 0 Å². The van der Waals surface area contributed by atoms with E-state index < -0.39 is 24.7 Å². The summed E-state index contributed by atoms with van der Waals surface area (Å²) in [5.41, 5.74) is 2.54. The van der Waals surface area contributed by atoms with Crippen LogP contribution in [0, 0.1) is 0 Å². The van der Waals surface area contributed by atoms with Crippen LogP contribution in [0.25, 0.3) is 5.69 Å². The van der Waals surface area contributed by atoms with Gasteiger partial charge in [0.05, 0.1) is 5.69 Å². The van der Waals surface area contributed by atoms with E-state index in [2.05, 4.69) is 5.10 Å². The van der Waals surface area contributed by atoms with Gasteiger partial charge in [0.15, 0.2) is 5.69 Å². The highest BCUT2D eigenvalue weighted by Crippen LogP contribution is 2.29. The molecule has 1 aromatic heterocycles. The van der Waals surface area contributed by atoms with Crippen molar-refractivity contribution in [3.63, 3.8) is 0 Å². The highest BCUT2D eigenvalue weighted by Gasteiger charge is 2.37. The van der Waals surface area contributed by atoms with Gasteiger partial charge in [-0.15, -0.1) is 0 Å². The summed E-state index contributed by atoms with van der Waals surface area (Å²) < 4.78 is 40.8. The third-order valence-electron chi connectivity index (χ3n) is 4.94. The fraction of sp³-hybridized carbons (Fsp3) is 0.500. The second-order valence-electron chi connectivity index (χ2n) is 7.36. The summed E-state index contributed by atoms with van der Waals surface area (Å²) in [6, 6.07) is 6.46. The number of carbonyl (C=O) groups excluding carboxylic acids is 1. The summed E-state index contributed by atoms with van der Waals surface area (Å²) in [5, 5.41) is 5.06. The number of alkyl halides is 3. The summed E-state index contributed by atoms with van der Waals surface area (Å²) in [6.07, 6.45) is -0.229. The number of halogens is 4. The van der Waals surface area contributed by atoms with Gasteiger partial charge in [0.25, 0.3) is 5.91 Å². The van der Waals surface area contributed by atoms with Crippen molar-refractivity contribution in [3.05, 3.63) is 46.2 Å². The lowest BCUT2D eigenvalue weighted by molar-refractivity contribution is -0.143. The molecule has 0 atom stereocenters. The van der Waals surface area contributed by atoms with Crippen LogP contribution in [0.2, 0.25) is 5.02 Å². The van der Waals surface area contributed by atoms with E-state index in [0.717, 1.165) is 47.5 Å². The van der Waals surface area contributed by atoms with Crippen molar-refractivity contribution in [2.24, 2.45) is 0 Å². The molecule has 0 fully saturated rings. The Kier molecular flexibility index (Phi) is 6.03. The fourth-order valence-electron chi connectivity index (χ4n) is 3.56. The summed E-state index contributed by atoms with van der Waals surface area (Å²) in [4.78, 5) is 13.9. The molecule has 1 aromatic carbocycles. The first-order chi connectivity index (χ1) is 13.2. The average molecular weight is 414 g/mol. The van der Waals surface area contributed by atoms with Gasteiger partial charge in [0, 0.05) is 22.3 Å². The molecule has 0 saturated heterocycles. The first kappa shape index (κ1) is 20.7. The molecule has 0 spiro atoms. The molecule has 0 saturated carbocycles. The Hall–Kier alpha value is -2.02. The predicted molar refractivity (Wildman–Crippen MR) is 102 cm³/mol. The zero-order chi connectivity index (χ0) is 20.5. The molecule has 0 radical (unpaired) electrons. The monoisotopic (exact) mass is 413 g/mol. The summed E-state index contributed by atoms with van der Waals surface area (Å²) >= 11 is 5.97.